The molecule has 5 rings (SSSR count). The third-order valence-corrected chi connectivity index (χ3v) is 5.95. The number of piperazine rings is 1. The Balaban J connectivity index is 1.36. The van der Waals surface area contributed by atoms with E-state index in [0.29, 0.717) is 11.5 Å². The van der Waals surface area contributed by atoms with Gasteiger partial charge in [-0.3, -0.25) is 9.78 Å². The molecule has 4 heterocycles. The number of pyridine rings is 1. The van der Waals surface area contributed by atoms with Gasteiger partial charge in [0.05, 0.1) is 17.6 Å². The summed E-state index contributed by atoms with van der Waals surface area (Å²) in [7, 11) is -0.465. The Morgan fingerprint density at radius 1 is 1.12 bits per heavy atom. The number of hydrogen-bond acceptors (Lipinski definition) is 7. The van der Waals surface area contributed by atoms with Crippen LogP contribution in [0.1, 0.15) is 10.5 Å². The molecular weight excluding hydrogens is 417 g/mol. The Kier molecular flexibility index (Phi) is 5.76. The number of anilines is 2. The van der Waals surface area contributed by atoms with Crippen molar-refractivity contribution in [2.24, 2.45) is 0 Å². The number of carbonyl (C=O) groups is 1. The van der Waals surface area contributed by atoms with E-state index in [9.17, 15) is 9.82 Å². The van der Waals surface area contributed by atoms with Gasteiger partial charge in [-0.1, -0.05) is 18.2 Å². The molecule has 0 aliphatic carbocycles. The summed E-state index contributed by atoms with van der Waals surface area (Å²) in [6, 6.07) is 11.4. The van der Waals surface area contributed by atoms with E-state index >= 15 is 0 Å². The maximum absolute atomic E-state index is 13.1. The van der Waals surface area contributed by atoms with Crippen molar-refractivity contribution in [3.8, 4) is 11.4 Å². The molecule has 1 aliphatic rings. The highest BCUT2D eigenvalue weighted by Crippen LogP contribution is 2.28. The molecule has 0 atom stereocenters. The van der Waals surface area contributed by atoms with Crippen LogP contribution in [0.15, 0.2) is 61.2 Å². The van der Waals surface area contributed by atoms with Gasteiger partial charge in [0, 0.05) is 61.2 Å². The fourth-order valence-electron chi connectivity index (χ4n) is 4.15. The zero-order chi connectivity index (χ0) is 22.8. The van der Waals surface area contributed by atoms with E-state index in [2.05, 4.69) is 30.2 Å². The first-order chi connectivity index (χ1) is 16.1. The Bertz CT molecular complexity index is 1280. The van der Waals surface area contributed by atoms with Gasteiger partial charge < -0.3 is 25.0 Å². The molecule has 166 valence electrons. The summed E-state index contributed by atoms with van der Waals surface area (Å²) in [5, 5.41) is 13.8. The summed E-state index contributed by atoms with van der Waals surface area (Å²) in [6.45, 7) is 4.76. The Morgan fingerprint density at radius 2 is 1.94 bits per heavy atom. The van der Waals surface area contributed by atoms with Crippen LogP contribution >= 0.6 is 0 Å². The van der Waals surface area contributed by atoms with Crippen molar-refractivity contribution in [2.75, 3.05) is 36.4 Å². The molecule has 0 radical (unpaired) electrons. The molecule has 33 heavy (non-hydrogen) atoms. The molecule has 9 nitrogen and oxygen atoms in total. The summed E-state index contributed by atoms with van der Waals surface area (Å²) < 4.78 is 0. The lowest BCUT2D eigenvalue weighted by atomic mass is 9.84. The molecule has 1 amide bonds. The van der Waals surface area contributed by atoms with E-state index in [1.807, 2.05) is 41.3 Å². The minimum Gasteiger partial charge on any atom is -0.437 e. The summed E-state index contributed by atoms with van der Waals surface area (Å²) in [4.78, 5) is 33.6. The van der Waals surface area contributed by atoms with E-state index in [-0.39, 0.29) is 11.6 Å². The molecule has 10 heteroatoms. The maximum Gasteiger partial charge on any atom is 0.376 e. The molecule has 1 aromatic carbocycles. The average molecular weight is 441 g/mol. The van der Waals surface area contributed by atoms with E-state index in [4.69, 9.17) is 0 Å². The second kappa shape index (κ2) is 9.01. The van der Waals surface area contributed by atoms with Crippen molar-refractivity contribution in [1.82, 2.24) is 24.7 Å². The van der Waals surface area contributed by atoms with Gasteiger partial charge in [-0.15, -0.1) is 0 Å². The van der Waals surface area contributed by atoms with Crippen molar-refractivity contribution in [3.05, 3.63) is 66.9 Å². The highest BCUT2D eigenvalue weighted by atomic mass is 16.2. The molecule has 4 aromatic rings. The topological polar surface area (TPSA) is 110 Å². The van der Waals surface area contributed by atoms with Crippen LogP contribution in [0, 0.1) is 0 Å². The molecule has 1 fully saturated rings. The minimum atomic E-state index is -0.465. The first-order valence-corrected chi connectivity index (χ1v) is 10.9. The largest absolute Gasteiger partial charge is 0.437 e. The van der Waals surface area contributed by atoms with Crippen LogP contribution in [0.2, 0.25) is 6.82 Å². The standard InChI is InChI=1S/C23H24BN7O2/c1-24(33)31-12-10-30(11-13-31)21-7-8-25-15-20(21)29-23(32)19-6-9-26-22(28-19)17-14-27-18-5-3-2-4-16(17)18/h2-9,14-15,27,33H,10-13H2,1H3,(H,29,32). The molecule has 0 bridgehead atoms. The van der Waals surface area contributed by atoms with E-state index in [0.717, 1.165) is 48.3 Å². The predicted molar refractivity (Wildman–Crippen MR) is 129 cm³/mol. The SMILES string of the molecule is CB(O)N1CCN(c2ccncc2NC(=O)c2ccnc(-c3c[nH]c4ccccc34)n2)CC1. The van der Waals surface area contributed by atoms with Gasteiger partial charge in [0.15, 0.2) is 5.82 Å². The molecule has 1 saturated heterocycles. The number of nitrogens with one attached hydrogen (secondary N) is 2. The Hall–Kier alpha value is -3.76. The summed E-state index contributed by atoms with van der Waals surface area (Å²) in [5.41, 5.74) is 3.63. The number of nitrogens with zero attached hydrogens (tertiary/aromatic N) is 5. The number of rotatable bonds is 5. The maximum atomic E-state index is 13.1. The van der Waals surface area contributed by atoms with Crippen molar-refractivity contribution in [3.63, 3.8) is 0 Å². The third-order valence-electron chi connectivity index (χ3n) is 5.95. The molecule has 0 spiro atoms. The van der Waals surface area contributed by atoms with Crippen LogP contribution in [-0.4, -0.2) is 68.9 Å². The number of H-pyrrole nitrogens is 1. The van der Waals surface area contributed by atoms with Crippen LogP contribution in [0.3, 0.4) is 0 Å². The van der Waals surface area contributed by atoms with Crippen LogP contribution in [0.4, 0.5) is 11.4 Å². The lowest BCUT2D eigenvalue weighted by molar-refractivity contribution is 0.102. The van der Waals surface area contributed by atoms with Gasteiger partial charge in [-0.25, -0.2) is 9.97 Å². The normalized spacial score (nSPS) is 14.4. The number of carbonyl (C=O) groups excluding carboxylic acids is 1. The highest BCUT2D eigenvalue weighted by Gasteiger charge is 2.24. The number of fused-ring (bicyclic) bond motifs is 1. The van der Waals surface area contributed by atoms with Gasteiger partial charge >= 0.3 is 7.05 Å². The number of hydrogen-bond donors (Lipinski definition) is 3. The predicted octanol–water partition coefficient (Wildman–Crippen LogP) is 2.50. The van der Waals surface area contributed by atoms with Crippen LogP contribution in [-0.2, 0) is 0 Å². The van der Waals surface area contributed by atoms with Crippen molar-refractivity contribution in [1.29, 1.82) is 0 Å². The first kappa shape index (κ1) is 21.1. The van der Waals surface area contributed by atoms with Crippen molar-refractivity contribution < 1.29 is 9.82 Å². The number of amides is 1. The van der Waals surface area contributed by atoms with Gasteiger partial charge in [-0.05, 0) is 25.0 Å². The van der Waals surface area contributed by atoms with Crippen molar-refractivity contribution in [2.45, 2.75) is 6.82 Å². The Morgan fingerprint density at radius 3 is 2.76 bits per heavy atom. The number of aromatic nitrogens is 4. The molecule has 3 aromatic heterocycles. The number of para-hydroxylation sites is 1. The van der Waals surface area contributed by atoms with E-state index in [1.165, 1.54) is 0 Å². The highest BCUT2D eigenvalue weighted by molar-refractivity contribution is 6.45. The molecule has 3 N–H and O–H groups in total. The van der Waals surface area contributed by atoms with Gasteiger partial charge in [-0.2, -0.15) is 0 Å². The summed E-state index contributed by atoms with van der Waals surface area (Å²) in [5.74, 6) is 0.163. The van der Waals surface area contributed by atoms with E-state index < -0.39 is 7.05 Å². The van der Waals surface area contributed by atoms with Crippen molar-refractivity contribution >= 4 is 35.2 Å². The van der Waals surface area contributed by atoms with Crippen LogP contribution in [0.5, 0.6) is 0 Å². The smallest absolute Gasteiger partial charge is 0.376 e. The quantitative estimate of drug-likeness (QED) is 0.408. The zero-order valence-corrected chi connectivity index (χ0v) is 18.3. The lowest BCUT2D eigenvalue weighted by Crippen LogP contribution is -2.51. The fraction of sp³-hybridized carbons (Fsp3) is 0.217. The summed E-state index contributed by atoms with van der Waals surface area (Å²) in [6.07, 6.45) is 6.81. The second-order valence-electron chi connectivity index (χ2n) is 8.02. The average Bonchev–Trinajstić information content (AvgIpc) is 3.29. The van der Waals surface area contributed by atoms with Gasteiger partial charge in [0.1, 0.15) is 5.69 Å². The fourth-order valence-corrected chi connectivity index (χ4v) is 4.15. The molecule has 0 saturated carbocycles. The van der Waals surface area contributed by atoms with Crippen LogP contribution < -0.4 is 10.2 Å². The van der Waals surface area contributed by atoms with Gasteiger partial charge in [0.25, 0.3) is 5.91 Å². The minimum absolute atomic E-state index is 0.277. The Labute approximate surface area is 191 Å². The first-order valence-electron chi connectivity index (χ1n) is 10.9. The summed E-state index contributed by atoms with van der Waals surface area (Å²) >= 11 is 0. The second-order valence-corrected chi connectivity index (χ2v) is 8.02. The molecule has 1 aliphatic heterocycles. The molecular formula is C23H24BN7O2. The number of benzene rings is 1. The third kappa shape index (κ3) is 4.30. The lowest BCUT2D eigenvalue weighted by Gasteiger charge is -2.37. The number of aromatic amines is 1. The van der Waals surface area contributed by atoms with Gasteiger partial charge in [0.2, 0.25) is 0 Å². The molecule has 0 unspecified atom stereocenters. The van der Waals surface area contributed by atoms with E-state index in [1.54, 1.807) is 31.5 Å². The monoisotopic (exact) mass is 441 g/mol. The zero-order valence-electron chi connectivity index (χ0n) is 18.3. The van der Waals surface area contributed by atoms with Crippen LogP contribution in [0.25, 0.3) is 22.3 Å².